The lowest BCUT2D eigenvalue weighted by Gasteiger charge is -2.04. The molecule has 0 radical (unpaired) electrons. The smallest absolute Gasteiger partial charge is 0.244 e. The zero-order valence-electron chi connectivity index (χ0n) is 9.99. The van der Waals surface area contributed by atoms with Crippen molar-refractivity contribution in [1.29, 1.82) is 0 Å². The number of nitrogens with one attached hydrogen (secondary N) is 1. The van der Waals surface area contributed by atoms with Crippen LogP contribution in [0.3, 0.4) is 0 Å². The van der Waals surface area contributed by atoms with Gasteiger partial charge in [-0.15, -0.1) is 0 Å². The lowest BCUT2D eigenvalue weighted by atomic mass is 10.2. The van der Waals surface area contributed by atoms with Crippen molar-refractivity contribution in [2.24, 2.45) is 0 Å². The number of amides is 1. The zero-order chi connectivity index (χ0) is 13.5. The van der Waals surface area contributed by atoms with Gasteiger partial charge >= 0.3 is 0 Å². The van der Waals surface area contributed by atoms with E-state index in [9.17, 15) is 4.79 Å². The molecule has 1 aromatic carbocycles. The number of aliphatic hydroxyl groups is 1. The van der Waals surface area contributed by atoms with Crippen LogP contribution in [0.1, 0.15) is 18.9 Å². The highest BCUT2D eigenvalue weighted by Gasteiger charge is 1.99. The van der Waals surface area contributed by atoms with Crippen molar-refractivity contribution in [2.75, 3.05) is 6.54 Å². The summed E-state index contributed by atoms with van der Waals surface area (Å²) in [6.45, 7) is 2.12. The Kier molecular flexibility index (Phi) is 6.19. The highest BCUT2D eigenvalue weighted by molar-refractivity contribution is 6.34. The van der Waals surface area contributed by atoms with Crippen LogP contribution in [0, 0.1) is 0 Å². The van der Waals surface area contributed by atoms with E-state index in [0.717, 1.165) is 5.56 Å². The second-order valence-corrected chi connectivity index (χ2v) is 4.84. The van der Waals surface area contributed by atoms with Crippen LogP contribution in [0.25, 0.3) is 6.08 Å². The Bertz CT molecular complexity index is 424. The fourth-order valence-corrected chi connectivity index (χ4v) is 1.85. The molecule has 1 rings (SSSR count). The third-order valence-electron chi connectivity index (χ3n) is 2.17. The first-order chi connectivity index (χ1) is 8.47. The SMILES string of the molecule is CC(O)CCNC(=O)C=Cc1cc(Cl)cc(Cl)c1. The van der Waals surface area contributed by atoms with Gasteiger partial charge in [0, 0.05) is 22.7 Å². The highest BCUT2D eigenvalue weighted by atomic mass is 35.5. The zero-order valence-corrected chi connectivity index (χ0v) is 11.5. The van der Waals surface area contributed by atoms with Gasteiger partial charge in [-0.05, 0) is 43.2 Å². The second-order valence-electron chi connectivity index (χ2n) is 3.96. The molecule has 0 spiro atoms. The molecule has 0 heterocycles. The fraction of sp³-hybridized carbons (Fsp3) is 0.308. The maximum Gasteiger partial charge on any atom is 0.244 e. The summed E-state index contributed by atoms with van der Waals surface area (Å²) in [5, 5.41) is 12.7. The fourth-order valence-electron chi connectivity index (χ4n) is 1.31. The molecule has 1 aromatic rings. The van der Waals surface area contributed by atoms with E-state index in [4.69, 9.17) is 28.3 Å². The summed E-state index contributed by atoms with van der Waals surface area (Å²) in [4.78, 5) is 11.4. The molecule has 98 valence electrons. The molecule has 0 saturated carbocycles. The van der Waals surface area contributed by atoms with Crippen molar-refractivity contribution < 1.29 is 9.90 Å². The molecule has 0 aromatic heterocycles. The van der Waals surface area contributed by atoms with E-state index in [1.54, 1.807) is 31.2 Å². The standard InChI is InChI=1S/C13H15Cl2NO2/c1-9(17)4-5-16-13(18)3-2-10-6-11(14)8-12(15)7-10/h2-3,6-9,17H,4-5H2,1H3,(H,16,18). The molecule has 0 saturated heterocycles. The average Bonchev–Trinajstić information content (AvgIpc) is 2.24. The number of benzene rings is 1. The van der Waals surface area contributed by atoms with Gasteiger partial charge in [-0.3, -0.25) is 4.79 Å². The van der Waals surface area contributed by atoms with Crippen molar-refractivity contribution in [2.45, 2.75) is 19.4 Å². The molecule has 0 aliphatic rings. The van der Waals surface area contributed by atoms with Gasteiger partial charge in [-0.2, -0.15) is 0 Å². The maximum absolute atomic E-state index is 11.4. The van der Waals surface area contributed by atoms with Crippen LogP contribution in [0.4, 0.5) is 0 Å². The van der Waals surface area contributed by atoms with E-state index >= 15 is 0 Å². The van der Waals surface area contributed by atoms with E-state index in [2.05, 4.69) is 5.32 Å². The lowest BCUT2D eigenvalue weighted by molar-refractivity contribution is -0.116. The number of rotatable bonds is 5. The molecule has 0 fully saturated rings. The van der Waals surface area contributed by atoms with Gasteiger partial charge in [0.25, 0.3) is 0 Å². The van der Waals surface area contributed by atoms with Crippen molar-refractivity contribution in [3.05, 3.63) is 39.9 Å². The topological polar surface area (TPSA) is 49.3 Å². The molecule has 0 aliphatic carbocycles. The Balaban J connectivity index is 2.50. The Morgan fingerprint density at radius 3 is 2.56 bits per heavy atom. The van der Waals surface area contributed by atoms with Crippen molar-refractivity contribution in [1.82, 2.24) is 5.32 Å². The van der Waals surface area contributed by atoms with Crippen LogP contribution in [-0.2, 0) is 4.79 Å². The van der Waals surface area contributed by atoms with Crippen LogP contribution in [0.15, 0.2) is 24.3 Å². The third kappa shape index (κ3) is 6.05. The maximum atomic E-state index is 11.4. The summed E-state index contributed by atoms with van der Waals surface area (Å²) < 4.78 is 0. The van der Waals surface area contributed by atoms with Crippen LogP contribution < -0.4 is 5.32 Å². The molecule has 1 amide bonds. The molecular weight excluding hydrogens is 273 g/mol. The van der Waals surface area contributed by atoms with E-state index in [0.29, 0.717) is 23.0 Å². The third-order valence-corrected chi connectivity index (χ3v) is 2.61. The molecule has 1 atom stereocenters. The van der Waals surface area contributed by atoms with Gasteiger partial charge in [-0.1, -0.05) is 23.2 Å². The second kappa shape index (κ2) is 7.41. The monoisotopic (exact) mass is 287 g/mol. The van der Waals surface area contributed by atoms with E-state index < -0.39 is 6.10 Å². The van der Waals surface area contributed by atoms with Gasteiger partial charge in [0.2, 0.25) is 5.91 Å². The Labute approximate surface area is 116 Å². The first-order valence-corrected chi connectivity index (χ1v) is 6.33. The van der Waals surface area contributed by atoms with Crippen molar-refractivity contribution in [3.8, 4) is 0 Å². The highest BCUT2D eigenvalue weighted by Crippen LogP contribution is 2.19. The Morgan fingerprint density at radius 1 is 1.39 bits per heavy atom. The molecule has 1 unspecified atom stereocenters. The molecule has 0 bridgehead atoms. The first kappa shape index (κ1) is 15.0. The first-order valence-electron chi connectivity index (χ1n) is 5.57. The Morgan fingerprint density at radius 2 is 2.00 bits per heavy atom. The van der Waals surface area contributed by atoms with Gasteiger partial charge in [0.1, 0.15) is 0 Å². The summed E-state index contributed by atoms with van der Waals surface area (Å²) in [6, 6.07) is 5.06. The summed E-state index contributed by atoms with van der Waals surface area (Å²) in [7, 11) is 0. The summed E-state index contributed by atoms with van der Waals surface area (Å²) in [6.07, 6.45) is 3.16. The molecule has 0 aliphatic heterocycles. The molecule has 2 N–H and O–H groups in total. The van der Waals surface area contributed by atoms with Gasteiger partial charge < -0.3 is 10.4 Å². The minimum atomic E-state index is -0.416. The molecule has 5 heteroatoms. The average molecular weight is 288 g/mol. The normalized spacial score (nSPS) is 12.7. The minimum absolute atomic E-state index is 0.216. The molecule has 18 heavy (non-hydrogen) atoms. The minimum Gasteiger partial charge on any atom is -0.393 e. The lowest BCUT2D eigenvalue weighted by Crippen LogP contribution is -2.24. The predicted octanol–water partition coefficient (Wildman–Crippen LogP) is 2.89. The largest absolute Gasteiger partial charge is 0.393 e. The van der Waals surface area contributed by atoms with Crippen LogP contribution in [-0.4, -0.2) is 23.7 Å². The van der Waals surface area contributed by atoms with Crippen LogP contribution in [0.5, 0.6) is 0 Å². The molecular formula is C13H15Cl2NO2. The van der Waals surface area contributed by atoms with E-state index in [-0.39, 0.29) is 5.91 Å². The van der Waals surface area contributed by atoms with E-state index in [1.165, 1.54) is 6.08 Å². The van der Waals surface area contributed by atoms with Gasteiger partial charge in [-0.25, -0.2) is 0 Å². The Hall–Kier alpha value is -1.03. The number of hydrogen-bond acceptors (Lipinski definition) is 2. The van der Waals surface area contributed by atoms with Gasteiger partial charge in [0.05, 0.1) is 6.10 Å². The number of aliphatic hydroxyl groups excluding tert-OH is 1. The number of halogens is 2. The van der Waals surface area contributed by atoms with Crippen molar-refractivity contribution >= 4 is 35.2 Å². The van der Waals surface area contributed by atoms with Gasteiger partial charge in [0.15, 0.2) is 0 Å². The summed E-state index contributed by atoms with van der Waals surface area (Å²) in [5.74, 6) is -0.216. The quantitative estimate of drug-likeness (QED) is 0.818. The number of carbonyl (C=O) groups is 1. The summed E-state index contributed by atoms with van der Waals surface area (Å²) >= 11 is 11.7. The van der Waals surface area contributed by atoms with Crippen LogP contribution >= 0.6 is 23.2 Å². The van der Waals surface area contributed by atoms with Crippen molar-refractivity contribution in [3.63, 3.8) is 0 Å². The number of hydrogen-bond donors (Lipinski definition) is 2. The molecule has 3 nitrogen and oxygen atoms in total. The van der Waals surface area contributed by atoms with Crippen LogP contribution in [0.2, 0.25) is 10.0 Å². The number of carbonyl (C=O) groups excluding carboxylic acids is 1. The van der Waals surface area contributed by atoms with E-state index in [1.807, 2.05) is 0 Å². The summed E-state index contributed by atoms with van der Waals surface area (Å²) in [5.41, 5.74) is 0.762. The predicted molar refractivity (Wildman–Crippen MR) is 74.8 cm³/mol.